The Bertz CT molecular complexity index is 602. The maximum atomic E-state index is 12.7. The molecule has 1 aromatic rings. The molecule has 5 nitrogen and oxygen atoms in total. The van der Waals surface area contributed by atoms with Crippen molar-refractivity contribution in [1.29, 1.82) is 0 Å². The number of benzene rings is 1. The summed E-state index contributed by atoms with van der Waals surface area (Å²) in [5, 5.41) is 3.32. The van der Waals surface area contributed by atoms with Crippen LogP contribution in [0.4, 0.5) is 5.69 Å². The Morgan fingerprint density at radius 1 is 1.28 bits per heavy atom. The molecule has 138 valence electrons. The topological polar surface area (TPSA) is 53.9 Å². The second-order valence-electron chi connectivity index (χ2n) is 7.01. The Kier molecular flexibility index (Phi) is 7.26. The van der Waals surface area contributed by atoms with E-state index in [9.17, 15) is 9.59 Å². The number of likely N-dealkylation sites (N-methyl/N-ethyl adjacent to an activating group) is 2. The van der Waals surface area contributed by atoms with Gasteiger partial charge in [0.15, 0.2) is 12.6 Å². The van der Waals surface area contributed by atoms with Crippen LogP contribution in [0.1, 0.15) is 39.0 Å². The molecule has 2 atom stereocenters. The lowest BCUT2D eigenvalue weighted by Gasteiger charge is -2.33. The number of rotatable bonds is 6. The van der Waals surface area contributed by atoms with Crippen LogP contribution in [0, 0.1) is 0 Å². The minimum absolute atomic E-state index is 0.106. The number of hydrogen-bond acceptors (Lipinski definition) is 2. The fourth-order valence-electron chi connectivity index (χ4n) is 3.33. The highest BCUT2D eigenvalue weighted by Gasteiger charge is 2.30. The van der Waals surface area contributed by atoms with Gasteiger partial charge >= 0.3 is 0 Å². The molecular weight excluding hydrogens is 338 g/mol. The van der Waals surface area contributed by atoms with E-state index in [1.165, 1.54) is 19.3 Å². The molecule has 1 aromatic carbocycles. The van der Waals surface area contributed by atoms with Gasteiger partial charge in [-0.25, -0.2) is 0 Å². The summed E-state index contributed by atoms with van der Waals surface area (Å²) < 4.78 is 0. The molecule has 1 fully saturated rings. The Morgan fingerprint density at radius 2 is 1.92 bits per heavy atom. The van der Waals surface area contributed by atoms with Gasteiger partial charge in [-0.2, -0.15) is 0 Å². The lowest BCUT2D eigenvalue weighted by atomic mass is 9.94. The molecule has 0 spiro atoms. The van der Waals surface area contributed by atoms with Gasteiger partial charge in [-0.15, -0.1) is 0 Å². The van der Waals surface area contributed by atoms with Crippen LogP contribution in [-0.2, 0) is 9.59 Å². The van der Waals surface area contributed by atoms with Crippen LogP contribution < -0.4 is 10.2 Å². The van der Waals surface area contributed by atoms with Crippen molar-refractivity contribution in [3.8, 4) is 0 Å². The van der Waals surface area contributed by atoms with Crippen LogP contribution in [0.2, 0.25) is 5.02 Å². The van der Waals surface area contributed by atoms with Gasteiger partial charge in [0.05, 0.1) is 17.8 Å². The number of halogens is 1. The molecule has 25 heavy (non-hydrogen) atoms. The zero-order chi connectivity index (χ0) is 18.4. The molecule has 1 unspecified atom stereocenters. The number of amides is 2. The highest BCUT2D eigenvalue weighted by Crippen LogP contribution is 2.22. The average molecular weight is 367 g/mol. The summed E-state index contributed by atoms with van der Waals surface area (Å²) in [7, 11) is 3.77. The largest absolute Gasteiger partial charge is 0.338 e. The van der Waals surface area contributed by atoms with Crippen molar-refractivity contribution >= 4 is 29.1 Å². The van der Waals surface area contributed by atoms with Gasteiger partial charge in [-0.1, -0.05) is 43.0 Å². The highest BCUT2D eigenvalue weighted by atomic mass is 35.5. The van der Waals surface area contributed by atoms with Crippen molar-refractivity contribution in [2.24, 2.45) is 0 Å². The first-order chi connectivity index (χ1) is 11.9. The zero-order valence-corrected chi connectivity index (χ0v) is 16.1. The second-order valence-corrected chi connectivity index (χ2v) is 7.42. The monoisotopic (exact) mass is 366 g/mol. The summed E-state index contributed by atoms with van der Waals surface area (Å²) in [5.74, 6) is -0.0412. The van der Waals surface area contributed by atoms with Gasteiger partial charge in [-0.05, 0) is 31.9 Å². The maximum Gasteiger partial charge on any atom is 0.280 e. The summed E-state index contributed by atoms with van der Waals surface area (Å²) in [6.07, 6.45) is 5.82. The molecule has 6 heteroatoms. The molecule has 1 saturated carbocycles. The van der Waals surface area contributed by atoms with Gasteiger partial charge < -0.3 is 15.1 Å². The van der Waals surface area contributed by atoms with Crippen LogP contribution in [-0.4, -0.2) is 49.4 Å². The summed E-state index contributed by atoms with van der Waals surface area (Å²) in [4.78, 5) is 27.7. The number of carbonyl (C=O) groups excluding carboxylic acids is 2. The minimum atomic E-state index is -0.260. The van der Waals surface area contributed by atoms with Crippen molar-refractivity contribution in [3.05, 3.63) is 29.3 Å². The van der Waals surface area contributed by atoms with E-state index in [1.807, 2.05) is 38.1 Å². The highest BCUT2D eigenvalue weighted by molar-refractivity contribution is 6.33. The van der Waals surface area contributed by atoms with E-state index in [0.29, 0.717) is 16.8 Å². The fraction of sp³-hybridized carbons (Fsp3) is 0.579. The predicted molar refractivity (Wildman–Crippen MR) is 101 cm³/mol. The third kappa shape index (κ3) is 5.44. The molecule has 0 radical (unpaired) electrons. The number of nitrogens with zero attached hydrogens (tertiary/aromatic N) is 1. The van der Waals surface area contributed by atoms with Crippen LogP contribution in [0.3, 0.4) is 0 Å². The van der Waals surface area contributed by atoms with Gasteiger partial charge in [0.2, 0.25) is 0 Å². The summed E-state index contributed by atoms with van der Waals surface area (Å²) >= 11 is 6.06. The molecule has 2 amide bonds. The summed E-state index contributed by atoms with van der Waals surface area (Å²) in [5.41, 5.74) is 0.597. The van der Waals surface area contributed by atoms with Crippen molar-refractivity contribution in [3.63, 3.8) is 0 Å². The van der Waals surface area contributed by atoms with E-state index < -0.39 is 0 Å². The molecule has 2 N–H and O–H groups in total. The SMILES string of the molecule is C[C@H](C(=O)N(C)C1CCCCC1)[NH+](C)CC(=O)Nc1ccccc1Cl. The third-order valence-corrected chi connectivity index (χ3v) is 5.50. The van der Waals surface area contributed by atoms with Crippen molar-refractivity contribution < 1.29 is 14.5 Å². The van der Waals surface area contributed by atoms with Crippen molar-refractivity contribution in [2.75, 3.05) is 26.0 Å². The Hall–Kier alpha value is -1.59. The van der Waals surface area contributed by atoms with E-state index in [4.69, 9.17) is 11.6 Å². The average Bonchev–Trinajstić information content (AvgIpc) is 2.62. The molecule has 1 aliphatic rings. The number of nitrogens with one attached hydrogen (secondary N) is 2. The molecule has 1 aliphatic carbocycles. The Morgan fingerprint density at radius 3 is 2.56 bits per heavy atom. The van der Waals surface area contributed by atoms with Gasteiger partial charge in [-0.3, -0.25) is 9.59 Å². The lowest BCUT2D eigenvalue weighted by Crippen LogP contribution is -3.15. The standard InChI is InChI=1S/C19H28ClN3O2/c1-14(19(25)23(3)15-9-5-4-6-10-15)22(2)13-18(24)21-17-12-8-7-11-16(17)20/h7-8,11-12,14-15H,4-6,9-10,13H2,1-3H3,(H,21,24)/p+1/t14-/m1/s1. The summed E-state index contributed by atoms with van der Waals surface area (Å²) in [6, 6.07) is 7.22. The number of carbonyl (C=O) groups is 2. The fourth-order valence-corrected chi connectivity index (χ4v) is 3.51. The second kappa shape index (κ2) is 9.20. The molecule has 0 saturated heterocycles. The van der Waals surface area contributed by atoms with Crippen LogP contribution in [0.5, 0.6) is 0 Å². The number of hydrogen-bond donors (Lipinski definition) is 2. The maximum absolute atomic E-state index is 12.7. The summed E-state index contributed by atoms with van der Waals surface area (Å²) in [6.45, 7) is 2.11. The molecular formula is C19H29ClN3O2+. The number of quaternary nitrogens is 1. The predicted octanol–water partition coefficient (Wildman–Crippen LogP) is 1.97. The number of anilines is 1. The Labute approximate surface area is 155 Å². The quantitative estimate of drug-likeness (QED) is 0.808. The molecule has 0 aliphatic heterocycles. The van der Waals surface area contributed by atoms with Crippen LogP contribution in [0.25, 0.3) is 0 Å². The third-order valence-electron chi connectivity index (χ3n) is 5.17. The minimum Gasteiger partial charge on any atom is -0.338 e. The first kappa shape index (κ1) is 19.7. The van der Waals surface area contributed by atoms with Gasteiger partial charge in [0, 0.05) is 13.1 Å². The first-order valence-electron chi connectivity index (χ1n) is 9.03. The van der Waals surface area contributed by atoms with Crippen molar-refractivity contribution in [1.82, 2.24) is 4.90 Å². The van der Waals surface area contributed by atoms with Gasteiger partial charge in [0.1, 0.15) is 0 Å². The molecule has 2 rings (SSSR count). The molecule has 0 bridgehead atoms. The van der Waals surface area contributed by atoms with Crippen LogP contribution in [0.15, 0.2) is 24.3 Å². The Balaban J connectivity index is 1.88. The van der Waals surface area contributed by atoms with E-state index >= 15 is 0 Å². The lowest BCUT2D eigenvalue weighted by molar-refractivity contribution is -0.886. The molecule has 0 heterocycles. The smallest absolute Gasteiger partial charge is 0.280 e. The number of para-hydroxylation sites is 1. The molecule has 0 aromatic heterocycles. The van der Waals surface area contributed by atoms with Gasteiger partial charge in [0.25, 0.3) is 11.8 Å². The van der Waals surface area contributed by atoms with Crippen LogP contribution >= 0.6 is 11.6 Å². The zero-order valence-electron chi connectivity index (χ0n) is 15.3. The van der Waals surface area contributed by atoms with E-state index in [2.05, 4.69) is 5.32 Å². The normalized spacial score (nSPS) is 17.6. The first-order valence-corrected chi connectivity index (χ1v) is 9.41. The van der Waals surface area contributed by atoms with E-state index in [0.717, 1.165) is 17.7 Å². The van der Waals surface area contributed by atoms with E-state index in [1.54, 1.807) is 12.1 Å². The van der Waals surface area contributed by atoms with Crippen molar-refractivity contribution in [2.45, 2.75) is 51.1 Å². The van der Waals surface area contributed by atoms with E-state index in [-0.39, 0.29) is 24.4 Å².